The van der Waals surface area contributed by atoms with Gasteiger partial charge in [-0.1, -0.05) is 0 Å². The zero-order valence-electron chi connectivity index (χ0n) is 4.43. The Hall–Kier alpha value is -1.15. The molecule has 0 aromatic carbocycles. The van der Waals surface area contributed by atoms with E-state index in [0.717, 1.165) is 0 Å². The number of nitrogens with zero attached hydrogens (tertiary/aromatic N) is 1. The average molecular weight is 97.1 g/mol. The van der Waals surface area contributed by atoms with E-state index in [0.29, 0.717) is 0 Å². The fourth-order valence-electron chi connectivity index (χ4n) is 0. The molecule has 0 heterocycles. The van der Waals surface area contributed by atoms with Crippen LogP contribution in [0.25, 0.3) is 5.01 Å². The van der Waals surface area contributed by atoms with Gasteiger partial charge in [0.15, 0.2) is 0 Å². The molecule has 38 valence electrons. The molecule has 0 aromatic rings. The van der Waals surface area contributed by atoms with Gasteiger partial charge in [-0.05, 0) is 6.92 Å². The molecule has 0 amide bonds. The molecule has 0 saturated carbocycles. The second-order valence-electron chi connectivity index (χ2n) is 0.604. The van der Waals surface area contributed by atoms with Crippen LogP contribution in [-0.2, 0) is 0 Å². The fraction of sp³-hybridized carbons (Fsp3) is 0.400. The Bertz CT molecular complexity index is 95.5. The van der Waals surface area contributed by atoms with Crippen LogP contribution in [0.2, 0.25) is 0 Å². The molecule has 0 saturated heterocycles. The summed E-state index contributed by atoms with van der Waals surface area (Å²) in [5.74, 6) is 2.25. The van der Waals surface area contributed by atoms with Gasteiger partial charge in [0.25, 0.3) is 6.07 Å². The summed E-state index contributed by atoms with van der Waals surface area (Å²) >= 11 is 0. The fourth-order valence-corrected chi connectivity index (χ4v) is 0. The predicted octanol–water partition coefficient (Wildman–Crippen LogP) is 1.48. The van der Waals surface area contributed by atoms with Crippen LogP contribution < -0.4 is 0 Å². The van der Waals surface area contributed by atoms with E-state index in [-0.39, 0.29) is 0 Å². The smallest absolute Gasteiger partial charge is 0.294 e. The minimum atomic E-state index is 1.45. The second-order valence-corrected chi connectivity index (χ2v) is 0.604. The van der Waals surface area contributed by atoms with Crippen molar-refractivity contribution in [2.24, 2.45) is 0 Å². The van der Waals surface area contributed by atoms with Crippen LogP contribution in [0.4, 0.5) is 0 Å². The van der Waals surface area contributed by atoms with E-state index in [2.05, 4.69) is 17.4 Å². The van der Waals surface area contributed by atoms with Gasteiger partial charge in [-0.3, -0.25) is 0 Å². The number of hydrogen-bond acceptors (Lipinski definition) is 1. The molecular weight excluding hydrogens is 90.1 g/mol. The van der Waals surface area contributed by atoms with Crippen molar-refractivity contribution < 1.29 is 0 Å². The van der Waals surface area contributed by atoms with Gasteiger partial charge < -0.3 is 5.21 Å². The molecule has 0 bridgehead atoms. The lowest BCUT2D eigenvalue weighted by molar-refractivity contribution is 1.88. The van der Waals surface area contributed by atoms with Crippen molar-refractivity contribution in [3.8, 4) is 18.4 Å². The van der Waals surface area contributed by atoms with Crippen molar-refractivity contribution in [1.29, 1.82) is 0 Å². The highest BCUT2D eigenvalue weighted by atomic mass is 16.4. The van der Waals surface area contributed by atoms with Gasteiger partial charge in [0, 0.05) is 5.01 Å². The zero-order chi connectivity index (χ0) is 6.12. The predicted molar refractivity (Wildman–Crippen MR) is 30.8 cm³/mol. The van der Waals surface area contributed by atoms with Crippen LogP contribution >= 0.6 is 0 Å². The summed E-state index contributed by atoms with van der Waals surface area (Å²) in [5, 5.41) is 11.0. The Morgan fingerprint density at radius 1 is 1.57 bits per heavy atom. The summed E-state index contributed by atoms with van der Waals surface area (Å²) in [4.78, 5) is 0. The average Bonchev–Trinajstić information content (AvgIpc) is 1.69. The first-order chi connectivity index (χ1) is 3.33. The van der Waals surface area contributed by atoms with Crippen LogP contribution in [0.1, 0.15) is 13.8 Å². The van der Waals surface area contributed by atoms with E-state index in [9.17, 15) is 0 Å². The highest BCUT2D eigenvalue weighted by Gasteiger charge is 1.42. The Morgan fingerprint density at radius 3 is 1.71 bits per heavy atom. The molecule has 0 radical (unpaired) electrons. The van der Waals surface area contributed by atoms with Gasteiger partial charge >= 0.3 is 0 Å². The van der Waals surface area contributed by atoms with E-state index in [1.54, 1.807) is 6.92 Å². The minimum Gasteiger partial charge on any atom is -0.498 e. The molecule has 2 heteroatoms. The molecule has 0 aromatic heterocycles. The normalized spacial score (nSPS) is 3.00. The van der Waals surface area contributed by atoms with Crippen LogP contribution in [0.3, 0.4) is 0 Å². The first-order valence-electron chi connectivity index (χ1n) is 1.69. The lowest BCUT2D eigenvalue weighted by Crippen LogP contribution is -1.21. The molecule has 0 spiro atoms. The van der Waals surface area contributed by atoms with Gasteiger partial charge in [-0.2, -0.15) is 0 Å². The molecule has 0 aliphatic heterocycles. The van der Waals surface area contributed by atoms with Gasteiger partial charge in [0.05, 0.1) is 6.92 Å². The maximum atomic E-state index is 8.81. The Labute approximate surface area is 43.6 Å². The Morgan fingerprint density at radius 2 is 1.71 bits per heavy atom. The van der Waals surface area contributed by atoms with Crippen molar-refractivity contribution in [2.75, 3.05) is 0 Å². The van der Waals surface area contributed by atoms with E-state index in [1.807, 2.05) is 6.07 Å². The molecule has 0 unspecified atom stereocenters. The largest absolute Gasteiger partial charge is 0.498 e. The van der Waals surface area contributed by atoms with E-state index in [1.165, 1.54) is 6.92 Å². The number of rotatable bonds is 0. The summed E-state index contributed by atoms with van der Waals surface area (Å²) in [7, 11) is 0. The van der Waals surface area contributed by atoms with Crippen molar-refractivity contribution in [1.82, 2.24) is 0 Å². The zero-order valence-corrected chi connectivity index (χ0v) is 4.43. The number of hydrogen-bond donors (Lipinski definition) is 0. The molecule has 0 fully saturated rings. The van der Waals surface area contributed by atoms with Crippen molar-refractivity contribution in [3.05, 3.63) is 10.2 Å². The third-order valence-corrected chi connectivity index (χ3v) is 0.0913. The highest BCUT2D eigenvalue weighted by Crippen LogP contribution is 1.46. The van der Waals surface area contributed by atoms with Gasteiger partial charge in [0.1, 0.15) is 0 Å². The van der Waals surface area contributed by atoms with Crippen molar-refractivity contribution in [2.45, 2.75) is 13.8 Å². The van der Waals surface area contributed by atoms with E-state index in [4.69, 9.17) is 5.21 Å². The maximum absolute atomic E-state index is 8.81. The monoisotopic (exact) mass is 97.1 g/mol. The lowest BCUT2D eigenvalue weighted by Gasteiger charge is -1.41. The van der Waals surface area contributed by atoms with Gasteiger partial charge in [-0.25, -0.2) is 0 Å². The summed E-state index contributed by atoms with van der Waals surface area (Å²) in [6, 6.07) is 2.00. The van der Waals surface area contributed by atoms with Crippen molar-refractivity contribution in [3.63, 3.8) is 0 Å². The standard InChI is InChI=1S/C3H4.C2H3NO/c1-3-2;1-2-3-4/h1H,2H3;1H3. The Balaban J connectivity index is 0. The molecule has 0 aliphatic carbocycles. The SMILES string of the molecule is C#CC.CC#[N+][O-]. The summed E-state index contributed by atoms with van der Waals surface area (Å²) in [6.07, 6.45) is 4.60. The van der Waals surface area contributed by atoms with E-state index >= 15 is 0 Å². The molecule has 0 atom stereocenters. The third kappa shape index (κ3) is 1750. The summed E-state index contributed by atoms with van der Waals surface area (Å²) < 4.78 is 0. The quantitative estimate of drug-likeness (QED) is 0.332. The second kappa shape index (κ2) is 21.0. The lowest BCUT2D eigenvalue weighted by atomic mass is 10.9. The van der Waals surface area contributed by atoms with Crippen LogP contribution in [0.5, 0.6) is 0 Å². The summed E-state index contributed by atoms with van der Waals surface area (Å²) in [6.45, 7) is 3.10. The first-order valence-corrected chi connectivity index (χ1v) is 1.69. The minimum absolute atomic E-state index is 1.45. The van der Waals surface area contributed by atoms with Crippen LogP contribution in [-0.4, -0.2) is 0 Å². The topological polar surface area (TPSA) is 27.4 Å². The van der Waals surface area contributed by atoms with Gasteiger partial charge in [0.2, 0.25) is 0 Å². The van der Waals surface area contributed by atoms with Crippen LogP contribution in [0, 0.1) is 23.6 Å². The molecule has 0 aliphatic rings. The van der Waals surface area contributed by atoms with Gasteiger partial charge in [-0.15, -0.1) is 12.3 Å². The Kier molecular flexibility index (Phi) is 27.9. The third-order valence-electron chi connectivity index (χ3n) is 0.0913. The molecule has 2 nitrogen and oxygen atoms in total. The summed E-state index contributed by atoms with van der Waals surface area (Å²) in [5.41, 5.74) is 0. The highest BCUT2D eigenvalue weighted by molar-refractivity contribution is 4.79. The molecule has 0 rings (SSSR count). The molecular formula is C5H7NO. The van der Waals surface area contributed by atoms with E-state index < -0.39 is 0 Å². The first kappa shape index (κ1) is 9.28. The maximum Gasteiger partial charge on any atom is 0.294 e. The molecule has 7 heavy (non-hydrogen) atoms. The number of terminal acetylenes is 1. The van der Waals surface area contributed by atoms with Crippen molar-refractivity contribution >= 4 is 0 Å². The van der Waals surface area contributed by atoms with Crippen LogP contribution in [0.15, 0.2) is 0 Å². The molecule has 0 N–H and O–H groups in total.